The Hall–Kier alpha value is -3.39. The third-order valence-corrected chi connectivity index (χ3v) is 5.70. The Morgan fingerprint density at radius 3 is 2.53 bits per heavy atom. The molecule has 1 aromatic heterocycles. The fourth-order valence-electron chi connectivity index (χ4n) is 2.88. The van der Waals surface area contributed by atoms with E-state index in [0.29, 0.717) is 18.1 Å². The van der Waals surface area contributed by atoms with Gasteiger partial charge in [-0.05, 0) is 32.0 Å². The van der Waals surface area contributed by atoms with Crippen molar-refractivity contribution in [3.05, 3.63) is 78.9 Å². The lowest BCUT2D eigenvalue weighted by Gasteiger charge is -2.13. The lowest BCUT2D eigenvalue weighted by molar-refractivity contribution is 0.0958. The molecule has 1 amide bonds. The van der Waals surface area contributed by atoms with Crippen LogP contribution in [0, 0.1) is 0 Å². The molecule has 1 heterocycles. The summed E-state index contributed by atoms with van der Waals surface area (Å²) in [6.45, 7) is 7.68. The smallest absolute Gasteiger partial charge is 0.263 e. The number of carbonyl (C=O) groups is 1. The number of rotatable bonds is 8. The molecule has 30 heavy (non-hydrogen) atoms. The van der Waals surface area contributed by atoms with E-state index in [-0.39, 0.29) is 22.4 Å². The van der Waals surface area contributed by atoms with Crippen LogP contribution in [-0.2, 0) is 10.0 Å². The van der Waals surface area contributed by atoms with E-state index in [0.717, 1.165) is 5.56 Å². The summed E-state index contributed by atoms with van der Waals surface area (Å²) in [6, 6.07) is 17.1. The number of sulfonamides is 1. The molecule has 0 radical (unpaired) electrons. The molecule has 0 unspecified atom stereocenters. The predicted molar refractivity (Wildman–Crippen MR) is 118 cm³/mol. The summed E-state index contributed by atoms with van der Waals surface area (Å²) in [6.07, 6.45) is 1.55. The van der Waals surface area contributed by atoms with E-state index in [4.69, 9.17) is 0 Å². The van der Waals surface area contributed by atoms with Gasteiger partial charge in [0.2, 0.25) is 0 Å². The standard InChI is InChI=1S/C22H24N4O3S/c1-4-13-23-22(27)18-11-8-12-19(14-18)30(28,29)25-21-15-20(24-26(21)16(2)3)17-9-6-5-7-10-17/h4-12,14-16,25H,1,13H2,2-3H3,(H,23,27). The van der Waals surface area contributed by atoms with Crippen molar-refractivity contribution in [3.63, 3.8) is 0 Å². The van der Waals surface area contributed by atoms with Crippen molar-refractivity contribution in [2.75, 3.05) is 11.3 Å². The summed E-state index contributed by atoms with van der Waals surface area (Å²) in [4.78, 5) is 12.1. The molecule has 0 fully saturated rings. The van der Waals surface area contributed by atoms with E-state index < -0.39 is 10.0 Å². The SMILES string of the molecule is C=CCNC(=O)c1cccc(S(=O)(=O)Nc2cc(-c3ccccc3)nn2C(C)C)c1. The van der Waals surface area contributed by atoms with Gasteiger partial charge in [-0.3, -0.25) is 9.52 Å². The molecule has 0 atom stereocenters. The van der Waals surface area contributed by atoms with Crippen LogP contribution in [0.1, 0.15) is 30.2 Å². The van der Waals surface area contributed by atoms with Gasteiger partial charge in [-0.25, -0.2) is 13.1 Å². The lowest BCUT2D eigenvalue weighted by atomic mass is 10.2. The largest absolute Gasteiger partial charge is 0.349 e. The fraction of sp³-hybridized carbons (Fsp3) is 0.182. The Kier molecular flexibility index (Phi) is 6.37. The van der Waals surface area contributed by atoms with Crippen LogP contribution in [0.25, 0.3) is 11.3 Å². The molecule has 8 heteroatoms. The van der Waals surface area contributed by atoms with Gasteiger partial charge in [-0.1, -0.05) is 42.5 Å². The maximum Gasteiger partial charge on any atom is 0.263 e. The minimum absolute atomic E-state index is 0.00785. The molecular weight excluding hydrogens is 400 g/mol. The Balaban J connectivity index is 1.93. The van der Waals surface area contributed by atoms with Crippen molar-refractivity contribution < 1.29 is 13.2 Å². The quantitative estimate of drug-likeness (QED) is 0.537. The monoisotopic (exact) mass is 424 g/mol. The minimum atomic E-state index is -3.93. The van der Waals surface area contributed by atoms with E-state index in [2.05, 4.69) is 21.7 Å². The number of benzene rings is 2. The van der Waals surface area contributed by atoms with Crippen molar-refractivity contribution in [1.29, 1.82) is 0 Å². The zero-order chi connectivity index (χ0) is 21.7. The molecule has 0 bridgehead atoms. The van der Waals surface area contributed by atoms with Crippen LogP contribution in [0.15, 0.2) is 78.2 Å². The van der Waals surface area contributed by atoms with Crippen LogP contribution in [-0.4, -0.2) is 30.7 Å². The number of hydrogen-bond donors (Lipinski definition) is 2. The molecule has 0 saturated carbocycles. The molecular formula is C22H24N4O3S. The Bertz CT molecular complexity index is 1150. The average molecular weight is 425 g/mol. The minimum Gasteiger partial charge on any atom is -0.349 e. The zero-order valence-electron chi connectivity index (χ0n) is 16.9. The van der Waals surface area contributed by atoms with Crippen LogP contribution in [0.3, 0.4) is 0 Å². The highest BCUT2D eigenvalue weighted by molar-refractivity contribution is 7.92. The van der Waals surface area contributed by atoms with Gasteiger partial charge in [0.1, 0.15) is 5.82 Å². The van der Waals surface area contributed by atoms with Crippen LogP contribution in [0.4, 0.5) is 5.82 Å². The molecule has 2 N–H and O–H groups in total. The van der Waals surface area contributed by atoms with Crippen molar-refractivity contribution in [2.45, 2.75) is 24.8 Å². The van der Waals surface area contributed by atoms with Gasteiger partial charge in [-0.2, -0.15) is 5.10 Å². The summed E-state index contributed by atoms with van der Waals surface area (Å²) >= 11 is 0. The number of amides is 1. The highest BCUT2D eigenvalue weighted by Crippen LogP contribution is 2.26. The summed E-state index contributed by atoms with van der Waals surface area (Å²) < 4.78 is 30.3. The van der Waals surface area contributed by atoms with Crippen LogP contribution < -0.4 is 10.0 Å². The highest BCUT2D eigenvalue weighted by Gasteiger charge is 2.20. The van der Waals surface area contributed by atoms with E-state index in [1.54, 1.807) is 22.9 Å². The van der Waals surface area contributed by atoms with Crippen LogP contribution >= 0.6 is 0 Å². The Labute approximate surface area is 176 Å². The number of nitrogens with one attached hydrogen (secondary N) is 2. The van der Waals surface area contributed by atoms with Gasteiger partial charge in [0.15, 0.2) is 0 Å². The molecule has 7 nitrogen and oxygen atoms in total. The van der Waals surface area contributed by atoms with E-state index >= 15 is 0 Å². The number of anilines is 1. The van der Waals surface area contributed by atoms with Crippen molar-refractivity contribution in [2.24, 2.45) is 0 Å². The van der Waals surface area contributed by atoms with Gasteiger partial charge in [0.25, 0.3) is 15.9 Å². The summed E-state index contributed by atoms with van der Waals surface area (Å²) in [5, 5.41) is 7.19. The first kappa shape index (κ1) is 21.3. The van der Waals surface area contributed by atoms with Gasteiger partial charge >= 0.3 is 0 Å². The second kappa shape index (κ2) is 8.96. The van der Waals surface area contributed by atoms with E-state index in [1.807, 2.05) is 44.2 Å². The molecule has 0 saturated heterocycles. The van der Waals surface area contributed by atoms with E-state index in [1.165, 1.54) is 18.2 Å². The van der Waals surface area contributed by atoms with Crippen molar-refractivity contribution in [3.8, 4) is 11.3 Å². The second-order valence-electron chi connectivity index (χ2n) is 6.95. The predicted octanol–water partition coefficient (Wildman–Crippen LogP) is 3.85. The summed E-state index contributed by atoms with van der Waals surface area (Å²) in [5.41, 5.74) is 1.81. The number of nitrogens with zero attached hydrogens (tertiary/aromatic N) is 2. The first-order valence-corrected chi connectivity index (χ1v) is 11.0. The van der Waals surface area contributed by atoms with Crippen molar-refractivity contribution >= 4 is 21.7 Å². The maximum absolute atomic E-state index is 13.0. The first-order valence-electron chi connectivity index (χ1n) is 9.49. The molecule has 3 rings (SSSR count). The number of carbonyl (C=O) groups excluding carboxylic acids is 1. The van der Waals surface area contributed by atoms with Gasteiger partial charge in [0, 0.05) is 29.8 Å². The van der Waals surface area contributed by atoms with Gasteiger partial charge in [-0.15, -0.1) is 6.58 Å². The van der Waals surface area contributed by atoms with Gasteiger partial charge < -0.3 is 5.32 Å². The fourth-order valence-corrected chi connectivity index (χ4v) is 3.97. The molecule has 0 aliphatic carbocycles. The maximum atomic E-state index is 13.0. The Morgan fingerprint density at radius 1 is 1.13 bits per heavy atom. The molecule has 0 aliphatic rings. The van der Waals surface area contributed by atoms with Crippen molar-refractivity contribution in [1.82, 2.24) is 15.1 Å². The normalized spacial score (nSPS) is 11.3. The highest BCUT2D eigenvalue weighted by atomic mass is 32.2. The molecule has 0 aliphatic heterocycles. The van der Waals surface area contributed by atoms with Gasteiger partial charge in [0.05, 0.1) is 10.6 Å². The zero-order valence-corrected chi connectivity index (χ0v) is 17.7. The number of aromatic nitrogens is 2. The third-order valence-electron chi connectivity index (χ3n) is 4.35. The molecule has 3 aromatic rings. The second-order valence-corrected chi connectivity index (χ2v) is 8.63. The Morgan fingerprint density at radius 2 is 1.87 bits per heavy atom. The molecule has 156 valence electrons. The number of hydrogen-bond acceptors (Lipinski definition) is 4. The first-order chi connectivity index (χ1) is 14.3. The molecule has 2 aromatic carbocycles. The molecule has 0 spiro atoms. The van der Waals surface area contributed by atoms with Crippen LogP contribution in [0.2, 0.25) is 0 Å². The lowest BCUT2D eigenvalue weighted by Crippen LogP contribution is -2.24. The van der Waals surface area contributed by atoms with E-state index in [9.17, 15) is 13.2 Å². The summed E-state index contributed by atoms with van der Waals surface area (Å²) in [5.74, 6) is -0.0177. The topological polar surface area (TPSA) is 93.1 Å². The van der Waals surface area contributed by atoms with Crippen LogP contribution in [0.5, 0.6) is 0 Å². The third kappa shape index (κ3) is 4.77. The summed E-state index contributed by atoms with van der Waals surface area (Å²) in [7, 11) is -3.93. The average Bonchev–Trinajstić information content (AvgIpc) is 3.16.